The van der Waals surface area contributed by atoms with Gasteiger partial charge in [0.25, 0.3) is 5.91 Å². The fraction of sp³-hybridized carbons (Fsp3) is 0.286. The van der Waals surface area contributed by atoms with Gasteiger partial charge >= 0.3 is 0 Å². The summed E-state index contributed by atoms with van der Waals surface area (Å²) in [7, 11) is 0. The summed E-state index contributed by atoms with van der Waals surface area (Å²) in [6.45, 7) is 4.96. The number of nitrogens with zero attached hydrogens (tertiary/aromatic N) is 3. The second kappa shape index (κ2) is 9.53. The van der Waals surface area contributed by atoms with Gasteiger partial charge in [-0.1, -0.05) is 12.1 Å². The molecule has 0 aromatic heterocycles. The van der Waals surface area contributed by atoms with Crippen LogP contribution >= 0.6 is 0 Å². The Hall–Kier alpha value is -3.37. The molecule has 0 radical (unpaired) electrons. The van der Waals surface area contributed by atoms with Gasteiger partial charge in [-0.15, -0.1) is 0 Å². The van der Waals surface area contributed by atoms with Crippen molar-refractivity contribution in [2.45, 2.75) is 6.92 Å². The van der Waals surface area contributed by atoms with Gasteiger partial charge < -0.3 is 14.4 Å². The van der Waals surface area contributed by atoms with Gasteiger partial charge in [-0.2, -0.15) is 10.4 Å². The van der Waals surface area contributed by atoms with Crippen molar-refractivity contribution in [1.82, 2.24) is 5.43 Å². The molecule has 0 unspecified atom stereocenters. The lowest BCUT2D eigenvalue weighted by molar-refractivity contribution is -0.123. The quantitative estimate of drug-likeness (QED) is 0.616. The van der Waals surface area contributed by atoms with E-state index in [0.29, 0.717) is 17.0 Å². The summed E-state index contributed by atoms with van der Waals surface area (Å²) in [6.07, 6.45) is 0. The fourth-order valence-electron chi connectivity index (χ4n) is 2.75. The third-order valence-corrected chi connectivity index (χ3v) is 4.36. The van der Waals surface area contributed by atoms with E-state index in [2.05, 4.69) is 27.6 Å². The molecule has 0 spiro atoms. The van der Waals surface area contributed by atoms with Crippen LogP contribution < -0.4 is 15.1 Å². The van der Waals surface area contributed by atoms with E-state index in [1.165, 1.54) is 0 Å². The van der Waals surface area contributed by atoms with E-state index in [4.69, 9.17) is 14.7 Å². The number of amides is 1. The van der Waals surface area contributed by atoms with Crippen LogP contribution in [0.5, 0.6) is 5.75 Å². The van der Waals surface area contributed by atoms with E-state index < -0.39 is 0 Å². The van der Waals surface area contributed by atoms with Crippen LogP contribution in [0.2, 0.25) is 0 Å². The Balaban J connectivity index is 1.50. The first-order valence-corrected chi connectivity index (χ1v) is 9.05. The van der Waals surface area contributed by atoms with Crippen molar-refractivity contribution >= 4 is 17.3 Å². The summed E-state index contributed by atoms with van der Waals surface area (Å²) in [5, 5.41) is 12.9. The second-order valence-electron chi connectivity index (χ2n) is 6.30. The smallest absolute Gasteiger partial charge is 0.277 e. The zero-order valence-corrected chi connectivity index (χ0v) is 15.7. The molecule has 1 heterocycles. The first-order chi connectivity index (χ1) is 13.7. The molecule has 1 aliphatic rings. The molecule has 1 aliphatic heterocycles. The fourth-order valence-corrected chi connectivity index (χ4v) is 2.75. The van der Waals surface area contributed by atoms with E-state index in [-0.39, 0.29) is 12.5 Å². The lowest BCUT2D eigenvalue weighted by Gasteiger charge is -2.28. The minimum absolute atomic E-state index is 0.154. The molecule has 2 aromatic rings. The normalized spacial score (nSPS) is 14.3. The van der Waals surface area contributed by atoms with E-state index in [9.17, 15) is 4.79 Å². The number of benzene rings is 2. The molecule has 0 bridgehead atoms. The van der Waals surface area contributed by atoms with Crippen LogP contribution in [0, 0.1) is 11.3 Å². The molecule has 1 N–H and O–H groups in total. The highest BCUT2D eigenvalue weighted by molar-refractivity contribution is 5.99. The molecule has 1 fully saturated rings. The Morgan fingerprint density at radius 3 is 2.50 bits per heavy atom. The second-order valence-corrected chi connectivity index (χ2v) is 6.30. The van der Waals surface area contributed by atoms with Crippen LogP contribution in [0.15, 0.2) is 53.6 Å². The molecule has 7 nitrogen and oxygen atoms in total. The molecule has 0 atom stereocenters. The highest BCUT2D eigenvalue weighted by Crippen LogP contribution is 2.17. The first-order valence-electron chi connectivity index (χ1n) is 9.05. The SMILES string of the molecule is CC(=NNC(=O)COc1ccc(C#N)cc1)c1ccc(N2CCOCC2)cc1. The summed E-state index contributed by atoms with van der Waals surface area (Å²) in [6, 6.07) is 16.7. The average molecular weight is 378 g/mol. The van der Waals surface area contributed by atoms with Crippen LogP contribution in [-0.2, 0) is 9.53 Å². The van der Waals surface area contributed by atoms with Crippen molar-refractivity contribution < 1.29 is 14.3 Å². The number of carbonyl (C=O) groups is 1. The van der Waals surface area contributed by atoms with Gasteiger partial charge in [0, 0.05) is 18.8 Å². The summed E-state index contributed by atoms with van der Waals surface area (Å²) >= 11 is 0. The number of morpholine rings is 1. The molecule has 3 rings (SSSR count). The number of nitrogens with one attached hydrogen (secondary N) is 1. The van der Waals surface area contributed by atoms with Gasteiger partial charge in [0.1, 0.15) is 5.75 Å². The summed E-state index contributed by atoms with van der Waals surface area (Å²) < 4.78 is 10.8. The lowest BCUT2D eigenvalue weighted by atomic mass is 10.1. The van der Waals surface area contributed by atoms with Crippen molar-refractivity contribution in [2.75, 3.05) is 37.8 Å². The number of carbonyl (C=O) groups excluding carboxylic acids is 1. The van der Waals surface area contributed by atoms with Crippen molar-refractivity contribution in [3.63, 3.8) is 0 Å². The highest BCUT2D eigenvalue weighted by atomic mass is 16.5. The molecule has 7 heteroatoms. The van der Waals surface area contributed by atoms with Gasteiger partial charge in [0.2, 0.25) is 0 Å². The van der Waals surface area contributed by atoms with Gasteiger partial charge in [-0.05, 0) is 48.9 Å². The maximum Gasteiger partial charge on any atom is 0.277 e. The molecule has 0 saturated carbocycles. The summed E-state index contributed by atoms with van der Waals surface area (Å²) in [4.78, 5) is 14.2. The van der Waals surface area contributed by atoms with Crippen LogP contribution in [0.4, 0.5) is 5.69 Å². The van der Waals surface area contributed by atoms with Crippen molar-refractivity contribution in [1.29, 1.82) is 5.26 Å². The third kappa shape index (κ3) is 5.32. The largest absolute Gasteiger partial charge is 0.484 e. The number of hydrazone groups is 1. The molecular formula is C21H22N4O3. The van der Waals surface area contributed by atoms with E-state index in [1.54, 1.807) is 24.3 Å². The molecular weight excluding hydrogens is 356 g/mol. The number of hydrogen-bond acceptors (Lipinski definition) is 6. The topological polar surface area (TPSA) is 86.9 Å². The minimum atomic E-state index is -0.353. The average Bonchev–Trinajstić information content (AvgIpc) is 2.77. The maximum atomic E-state index is 11.9. The molecule has 0 aliphatic carbocycles. The Kier molecular flexibility index (Phi) is 6.60. The van der Waals surface area contributed by atoms with Gasteiger partial charge in [0.15, 0.2) is 6.61 Å². The molecule has 1 amide bonds. The number of nitriles is 1. The van der Waals surface area contributed by atoms with E-state index >= 15 is 0 Å². The van der Waals surface area contributed by atoms with E-state index in [1.807, 2.05) is 25.1 Å². The predicted molar refractivity (Wildman–Crippen MR) is 106 cm³/mol. The Labute approximate surface area is 164 Å². The molecule has 28 heavy (non-hydrogen) atoms. The van der Waals surface area contributed by atoms with Crippen molar-refractivity contribution in [2.24, 2.45) is 5.10 Å². The summed E-state index contributed by atoms with van der Waals surface area (Å²) in [5.74, 6) is 0.169. The molecule has 2 aromatic carbocycles. The van der Waals surface area contributed by atoms with Crippen LogP contribution in [0.25, 0.3) is 0 Å². The number of ether oxygens (including phenoxy) is 2. The summed E-state index contributed by atoms with van der Waals surface area (Å²) in [5.41, 5.74) is 5.83. The zero-order valence-electron chi connectivity index (χ0n) is 15.7. The number of hydrogen-bond donors (Lipinski definition) is 1. The monoisotopic (exact) mass is 378 g/mol. The lowest BCUT2D eigenvalue weighted by Crippen LogP contribution is -2.36. The predicted octanol–water partition coefficient (Wildman–Crippen LogP) is 2.31. The molecule has 144 valence electrons. The maximum absolute atomic E-state index is 11.9. The number of anilines is 1. The standard InChI is InChI=1S/C21H22N4O3/c1-16(18-4-6-19(7-5-18)25-10-12-27-13-11-25)23-24-21(26)15-28-20-8-2-17(14-22)3-9-20/h2-9H,10-13,15H2,1H3,(H,24,26). The zero-order chi connectivity index (χ0) is 19.8. The molecule has 1 saturated heterocycles. The third-order valence-electron chi connectivity index (χ3n) is 4.36. The van der Waals surface area contributed by atoms with Gasteiger partial charge in [-0.3, -0.25) is 4.79 Å². The van der Waals surface area contributed by atoms with Crippen molar-refractivity contribution in [3.05, 3.63) is 59.7 Å². The Morgan fingerprint density at radius 1 is 1.18 bits per heavy atom. The van der Waals surface area contributed by atoms with E-state index in [0.717, 1.165) is 37.6 Å². The Bertz CT molecular complexity index is 864. The van der Waals surface area contributed by atoms with Crippen LogP contribution in [0.1, 0.15) is 18.1 Å². The first kappa shape index (κ1) is 19.4. The van der Waals surface area contributed by atoms with Gasteiger partial charge in [0.05, 0.1) is 30.6 Å². The van der Waals surface area contributed by atoms with Crippen molar-refractivity contribution in [3.8, 4) is 11.8 Å². The Morgan fingerprint density at radius 2 is 1.86 bits per heavy atom. The minimum Gasteiger partial charge on any atom is -0.484 e. The number of rotatable bonds is 6. The van der Waals surface area contributed by atoms with Crippen LogP contribution in [-0.4, -0.2) is 44.5 Å². The van der Waals surface area contributed by atoms with Crippen LogP contribution in [0.3, 0.4) is 0 Å². The van der Waals surface area contributed by atoms with Gasteiger partial charge in [-0.25, -0.2) is 5.43 Å². The highest BCUT2D eigenvalue weighted by Gasteiger charge is 2.11.